The molecule has 0 saturated heterocycles. The summed E-state index contributed by atoms with van der Waals surface area (Å²) < 4.78 is 37.0. The number of nitrogens with zero attached hydrogens (tertiary/aromatic N) is 3. The molecule has 0 bridgehead atoms. The van der Waals surface area contributed by atoms with E-state index in [1.54, 1.807) is 0 Å². The van der Waals surface area contributed by atoms with E-state index in [1.807, 2.05) is 60.9 Å². The van der Waals surface area contributed by atoms with Gasteiger partial charge in [-0.15, -0.1) is 0 Å². The van der Waals surface area contributed by atoms with Gasteiger partial charge in [0.05, 0.1) is 21.9 Å². The molecule has 1 aliphatic rings. The number of para-hydroxylation sites is 2. The van der Waals surface area contributed by atoms with Gasteiger partial charge in [0.15, 0.2) is 4.80 Å². The number of benzene rings is 3. The van der Waals surface area contributed by atoms with Crippen LogP contribution in [-0.2, 0) is 23.0 Å². The van der Waals surface area contributed by atoms with Gasteiger partial charge in [0.25, 0.3) is 15.9 Å². The molecule has 2 heterocycles. The number of anilines is 1. The van der Waals surface area contributed by atoms with E-state index >= 15 is 0 Å². The number of carbonyl (C=O) groups is 1. The third kappa shape index (κ3) is 4.33. The van der Waals surface area contributed by atoms with Crippen molar-refractivity contribution in [1.29, 1.82) is 0 Å². The summed E-state index contributed by atoms with van der Waals surface area (Å²) in [5.41, 5.74) is 3.00. The predicted octanol–water partition coefficient (Wildman–Crippen LogP) is 5.00. The molecule has 0 radical (unpaired) electrons. The second-order valence-electron chi connectivity index (χ2n) is 8.42. The lowest BCUT2D eigenvalue weighted by atomic mass is 10.0. The number of sulfonamides is 1. The number of amides is 1. The van der Waals surface area contributed by atoms with Gasteiger partial charge in [0.1, 0.15) is 11.3 Å². The third-order valence-electron chi connectivity index (χ3n) is 6.23. The maximum absolute atomic E-state index is 13.4. The van der Waals surface area contributed by atoms with E-state index in [1.165, 1.54) is 39.9 Å². The maximum Gasteiger partial charge on any atom is 0.279 e. The number of thiazole rings is 1. The monoisotopic (exact) mass is 521 g/mol. The van der Waals surface area contributed by atoms with Crippen molar-refractivity contribution < 1.29 is 17.9 Å². The van der Waals surface area contributed by atoms with Crippen molar-refractivity contribution in [3.8, 4) is 5.75 Å². The Morgan fingerprint density at radius 3 is 2.56 bits per heavy atom. The summed E-state index contributed by atoms with van der Waals surface area (Å²) in [5.74, 6) is 0.338. The van der Waals surface area contributed by atoms with E-state index in [-0.39, 0.29) is 4.90 Å². The van der Waals surface area contributed by atoms with Gasteiger partial charge >= 0.3 is 0 Å². The lowest BCUT2D eigenvalue weighted by molar-refractivity contribution is 0.0997. The molecule has 4 aromatic rings. The van der Waals surface area contributed by atoms with Crippen molar-refractivity contribution >= 4 is 43.2 Å². The van der Waals surface area contributed by atoms with Gasteiger partial charge in [-0.3, -0.25) is 9.10 Å². The molecule has 0 fully saturated rings. The van der Waals surface area contributed by atoms with Crippen molar-refractivity contribution in [2.45, 2.75) is 38.1 Å². The zero-order valence-corrected chi connectivity index (χ0v) is 21.8. The van der Waals surface area contributed by atoms with Gasteiger partial charge < -0.3 is 9.30 Å². The molecule has 186 valence electrons. The summed E-state index contributed by atoms with van der Waals surface area (Å²) in [5, 5.41) is 0. The molecular formula is C27H27N3O4S2. The van der Waals surface area contributed by atoms with Crippen LogP contribution in [0.25, 0.3) is 10.2 Å². The molecule has 0 atom stereocenters. The lowest BCUT2D eigenvalue weighted by Gasteiger charge is -2.30. The lowest BCUT2D eigenvalue weighted by Crippen LogP contribution is -2.35. The van der Waals surface area contributed by atoms with E-state index in [9.17, 15) is 13.2 Å². The highest BCUT2D eigenvalue weighted by Gasteiger charge is 2.29. The van der Waals surface area contributed by atoms with Crippen LogP contribution in [0.1, 0.15) is 36.2 Å². The Bertz CT molecular complexity index is 1600. The van der Waals surface area contributed by atoms with Gasteiger partial charge in [0, 0.05) is 18.7 Å². The molecule has 1 amide bonds. The van der Waals surface area contributed by atoms with Crippen LogP contribution in [0.4, 0.5) is 5.69 Å². The zero-order valence-electron chi connectivity index (χ0n) is 20.2. The first-order chi connectivity index (χ1) is 17.4. The first-order valence-corrected chi connectivity index (χ1v) is 14.2. The molecule has 0 N–H and O–H groups in total. The van der Waals surface area contributed by atoms with Crippen molar-refractivity contribution in [2.24, 2.45) is 4.99 Å². The Balaban J connectivity index is 1.47. The van der Waals surface area contributed by atoms with E-state index in [4.69, 9.17) is 4.74 Å². The standard InChI is InChI=1S/C27H27N3O4S2/c1-3-29-25-23(34-4-2)12-7-13-24(25)35-27(29)28-26(31)20-14-16-21(17-15-20)36(32,33)30-18-8-10-19-9-5-6-11-22(19)30/h5-7,9,11-17H,3-4,8,10,18H2,1-2H3. The molecule has 0 saturated carbocycles. The zero-order chi connectivity index (χ0) is 25.3. The average molecular weight is 522 g/mol. The number of hydrogen-bond donors (Lipinski definition) is 0. The highest BCUT2D eigenvalue weighted by Crippen LogP contribution is 2.32. The highest BCUT2D eigenvalue weighted by atomic mass is 32.2. The van der Waals surface area contributed by atoms with Crippen molar-refractivity contribution in [3.63, 3.8) is 0 Å². The van der Waals surface area contributed by atoms with Gasteiger partial charge in [-0.05, 0) is 74.7 Å². The van der Waals surface area contributed by atoms with E-state index in [2.05, 4.69) is 4.99 Å². The van der Waals surface area contributed by atoms with Crippen LogP contribution in [0.2, 0.25) is 0 Å². The summed E-state index contributed by atoms with van der Waals surface area (Å²) >= 11 is 1.42. The van der Waals surface area contributed by atoms with Gasteiger partial charge in [-0.1, -0.05) is 35.6 Å². The Kier molecular flexibility index (Phi) is 6.68. The van der Waals surface area contributed by atoms with Crippen LogP contribution >= 0.6 is 11.3 Å². The maximum atomic E-state index is 13.4. The summed E-state index contributed by atoms with van der Waals surface area (Å²) in [6.45, 7) is 5.54. The first-order valence-electron chi connectivity index (χ1n) is 12.0. The van der Waals surface area contributed by atoms with Crippen molar-refractivity contribution in [2.75, 3.05) is 17.5 Å². The number of rotatable bonds is 6. The number of carbonyl (C=O) groups excluding carboxylic acids is 1. The molecule has 3 aromatic carbocycles. The van der Waals surface area contributed by atoms with Crippen LogP contribution < -0.4 is 13.8 Å². The Morgan fingerprint density at radius 1 is 1.03 bits per heavy atom. The topological polar surface area (TPSA) is 81.0 Å². The summed E-state index contributed by atoms with van der Waals surface area (Å²) in [7, 11) is -3.74. The normalized spacial score (nSPS) is 14.2. The second-order valence-corrected chi connectivity index (χ2v) is 11.3. The molecule has 9 heteroatoms. The van der Waals surface area contributed by atoms with Crippen LogP contribution in [0.3, 0.4) is 0 Å². The molecule has 1 aromatic heterocycles. The Hall–Kier alpha value is -3.43. The number of aromatic nitrogens is 1. The Labute approximate surface area is 214 Å². The number of ether oxygens (including phenoxy) is 1. The third-order valence-corrected chi connectivity index (χ3v) is 9.11. The number of fused-ring (bicyclic) bond motifs is 2. The largest absolute Gasteiger partial charge is 0.492 e. The fourth-order valence-corrected chi connectivity index (χ4v) is 7.20. The van der Waals surface area contributed by atoms with Crippen LogP contribution in [0.15, 0.2) is 76.6 Å². The number of aryl methyl sites for hydroxylation is 2. The molecule has 0 unspecified atom stereocenters. The summed E-state index contributed by atoms with van der Waals surface area (Å²) in [6, 6.07) is 19.4. The van der Waals surface area contributed by atoms with Crippen LogP contribution in [0, 0.1) is 0 Å². The summed E-state index contributed by atoms with van der Waals surface area (Å²) in [6.07, 6.45) is 1.63. The molecule has 5 rings (SSSR count). The van der Waals surface area contributed by atoms with Crippen molar-refractivity contribution in [3.05, 3.63) is 82.7 Å². The van der Waals surface area contributed by atoms with Gasteiger partial charge in [0.2, 0.25) is 0 Å². The van der Waals surface area contributed by atoms with E-state index < -0.39 is 15.9 Å². The average Bonchev–Trinajstić information content (AvgIpc) is 3.26. The summed E-state index contributed by atoms with van der Waals surface area (Å²) in [4.78, 5) is 18.1. The molecule has 0 spiro atoms. The quantitative estimate of drug-likeness (QED) is 0.357. The minimum Gasteiger partial charge on any atom is -0.492 e. The SMILES string of the molecule is CCOc1cccc2sc(=NC(=O)c3ccc(S(=O)(=O)N4CCCc5ccccc54)cc3)n(CC)c12. The Morgan fingerprint density at radius 2 is 1.81 bits per heavy atom. The molecule has 36 heavy (non-hydrogen) atoms. The van der Waals surface area contributed by atoms with Crippen molar-refractivity contribution in [1.82, 2.24) is 4.57 Å². The first kappa shape index (κ1) is 24.3. The van der Waals surface area contributed by atoms with Crippen LogP contribution in [0.5, 0.6) is 5.75 Å². The molecule has 0 aliphatic carbocycles. The van der Waals surface area contributed by atoms with E-state index in [0.717, 1.165) is 40.1 Å². The molecular weight excluding hydrogens is 494 g/mol. The fraction of sp³-hybridized carbons (Fsp3) is 0.259. The number of hydrogen-bond acceptors (Lipinski definition) is 5. The predicted molar refractivity (Wildman–Crippen MR) is 142 cm³/mol. The van der Waals surface area contributed by atoms with Gasteiger partial charge in [-0.25, -0.2) is 8.42 Å². The molecule has 7 nitrogen and oxygen atoms in total. The van der Waals surface area contributed by atoms with E-state index in [0.29, 0.717) is 30.1 Å². The van der Waals surface area contributed by atoms with Crippen LogP contribution in [-0.4, -0.2) is 32.0 Å². The minimum atomic E-state index is -3.74. The highest BCUT2D eigenvalue weighted by molar-refractivity contribution is 7.92. The fourth-order valence-electron chi connectivity index (χ4n) is 4.55. The minimum absolute atomic E-state index is 0.155. The molecule has 1 aliphatic heterocycles. The second kappa shape index (κ2) is 9.91. The smallest absolute Gasteiger partial charge is 0.279 e. The van der Waals surface area contributed by atoms with Gasteiger partial charge in [-0.2, -0.15) is 4.99 Å².